The van der Waals surface area contributed by atoms with Crippen molar-refractivity contribution < 1.29 is 4.39 Å². The van der Waals surface area contributed by atoms with Crippen LogP contribution in [0.5, 0.6) is 0 Å². The van der Waals surface area contributed by atoms with E-state index in [2.05, 4.69) is 26.1 Å². The Labute approximate surface area is 109 Å². The zero-order chi connectivity index (χ0) is 13.7. The Bertz CT molecular complexity index is 447. The van der Waals surface area contributed by atoms with E-state index in [4.69, 9.17) is 5.26 Å². The van der Waals surface area contributed by atoms with Crippen LogP contribution < -0.4 is 5.32 Å². The maximum absolute atomic E-state index is 13.6. The Morgan fingerprint density at radius 2 is 1.94 bits per heavy atom. The first-order chi connectivity index (χ1) is 8.43. The summed E-state index contributed by atoms with van der Waals surface area (Å²) in [6.07, 6.45) is 2.17. The lowest BCUT2D eigenvalue weighted by Gasteiger charge is -2.18. The molecule has 1 aromatic carbocycles. The van der Waals surface area contributed by atoms with Crippen molar-refractivity contribution in [3.63, 3.8) is 0 Å². The molecule has 0 saturated heterocycles. The van der Waals surface area contributed by atoms with Crippen molar-refractivity contribution in [2.45, 2.75) is 46.6 Å². The van der Waals surface area contributed by atoms with Gasteiger partial charge in [-0.15, -0.1) is 0 Å². The minimum absolute atomic E-state index is 0.277. The van der Waals surface area contributed by atoms with Gasteiger partial charge in [0, 0.05) is 17.3 Å². The summed E-state index contributed by atoms with van der Waals surface area (Å²) in [6.45, 7) is 8.19. The van der Waals surface area contributed by atoms with Crippen LogP contribution in [-0.4, -0.2) is 6.04 Å². The van der Waals surface area contributed by atoms with Crippen LogP contribution in [0, 0.1) is 30.0 Å². The highest BCUT2D eigenvalue weighted by Crippen LogP contribution is 2.22. The summed E-state index contributed by atoms with van der Waals surface area (Å²) in [5, 5.41) is 12.1. The summed E-state index contributed by atoms with van der Waals surface area (Å²) in [4.78, 5) is 0. The number of hydrogen-bond donors (Lipinski definition) is 1. The first-order valence-corrected chi connectivity index (χ1v) is 6.40. The fourth-order valence-electron chi connectivity index (χ4n) is 1.81. The van der Waals surface area contributed by atoms with E-state index in [0.29, 0.717) is 17.0 Å². The summed E-state index contributed by atoms with van der Waals surface area (Å²) >= 11 is 0. The molecule has 18 heavy (non-hydrogen) atoms. The van der Waals surface area contributed by atoms with Gasteiger partial charge in [0.2, 0.25) is 0 Å². The lowest BCUT2D eigenvalue weighted by Crippen LogP contribution is -2.17. The summed E-state index contributed by atoms with van der Waals surface area (Å²) in [5.74, 6) is 0.338. The second kappa shape index (κ2) is 6.39. The summed E-state index contributed by atoms with van der Waals surface area (Å²) in [6, 6.07) is 5.25. The molecule has 2 nitrogen and oxygen atoms in total. The van der Waals surface area contributed by atoms with Crippen molar-refractivity contribution in [2.24, 2.45) is 5.92 Å². The van der Waals surface area contributed by atoms with Crippen LogP contribution in [0.15, 0.2) is 12.1 Å². The second-order valence-electron chi connectivity index (χ2n) is 5.26. The molecule has 0 saturated carbocycles. The largest absolute Gasteiger partial charge is 0.382 e. The molecule has 0 spiro atoms. The van der Waals surface area contributed by atoms with E-state index in [1.807, 2.05) is 6.07 Å². The molecule has 1 N–H and O–H groups in total. The van der Waals surface area contributed by atoms with Crippen molar-refractivity contribution in [2.75, 3.05) is 5.32 Å². The summed E-state index contributed by atoms with van der Waals surface area (Å²) in [7, 11) is 0. The Morgan fingerprint density at radius 1 is 1.28 bits per heavy atom. The molecule has 1 unspecified atom stereocenters. The van der Waals surface area contributed by atoms with E-state index in [9.17, 15) is 4.39 Å². The van der Waals surface area contributed by atoms with Gasteiger partial charge in [-0.05, 0) is 44.7 Å². The second-order valence-corrected chi connectivity index (χ2v) is 5.26. The molecular formula is C15H21FN2. The van der Waals surface area contributed by atoms with Gasteiger partial charge in [-0.1, -0.05) is 13.8 Å². The van der Waals surface area contributed by atoms with Crippen molar-refractivity contribution in [3.8, 4) is 6.07 Å². The van der Waals surface area contributed by atoms with Crippen LogP contribution in [0.25, 0.3) is 0 Å². The molecule has 3 heteroatoms. The highest BCUT2D eigenvalue weighted by atomic mass is 19.1. The quantitative estimate of drug-likeness (QED) is 0.845. The molecule has 0 radical (unpaired) electrons. The average Bonchev–Trinajstić information content (AvgIpc) is 2.32. The van der Waals surface area contributed by atoms with E-state index in [0.717, 1.165) is 18.5 Å². The minimum atomic E-state index is -0.326. The number of benzene rings is 1. The van der Waals surface area contributed by atoms with E-state index in [1.54, 1.807) is 13.0 Å². The van der Waals surface area contributed by atoms with Crippen LogP contribution in [0.1, 0.15) is 44.7 Å². The SMILES string of the molecule is Cc1c(F)cc(C#N)cc1NC(C)CCC(C)C. The van der Waals surface area contributed by atoms with Gasteiger partial charge in [0.1, 0.15) is 5.82 Å². The molecule has 0 fully saturated rings. The van der Waals surface area contributed by atoms with Gasteiger partial charge in [0.05, 0.1) is 11.6 Å². The molecule has 1 aromatic rings. The molecule has 1 atom stereocenters. The number of nitriles is 1. The Morgan fingerprint density at radius 3 is 2.50 bits per heavy atom. The van der Waals surface area contributed by atoms with Gasteiger partial charge >= 0.3 is 0 Å². The lowest BCUT2D eigenvalue weighted by atomic mass is 10.0. The van der Waals surface area contributed by atoms with Crippen molar-refractivity contribution in [1.82, 2.24) is 0 Å². The smallest absolute Gasteiger partial charge is 0.129 e. The van der Waals surface area contributed by atoms with Gasteiger partial charge in [-0.3, -0.25) is 0 Å². The van der Waals surface area contributed by atoms with Crippen LogP contribution in [0.4, 0.5) is 10.1 Å². The van der Waals surface area contributed by atoms with Crippen LogP contribution in [-0.2, 0) is 0 Å². The predicted octanol–water partition coefficient (Wildman–Crippen LogP) is 4.24. The number of hydrogen-bond acceptors (Lipinski definition) is 2. The minimum Gasteiger partial charge on any atom is -0.382 e. The van der Waals surface area contributed by atoms with Crippen LogP contribution >= 0.6 is 0 Å². The van der Waals surface area contributed by atoms with Crippen LogP contribution in [0.3, 0.4) is 0 Å². The molecule has 98 valence electrons. The van der Waals surface area contributed by atoms with Gasteiger partial charge in [0.25, 0.3) is 0 Å². The predicted molar refractivity (Wildman–Crippen MR) is 73.0 cm³/mol. The standard InChI is InChI=1S/C15H21FN2/c1-10(2)5-6-11(3)18-15-8-13(9-17)7-14(16)12(15)4/h7-8,10-11,18H,5-6H2,1-4H3. The molecular weight excluding hydrogens is 227 g/mol. The maximum Gasteiger partial charge on any atom is 0.129 e. The Hall–Kier alpha value is -1.56. The van der Waals surface area contributed by atoms with Gasteiger partial charge in [-0.25, -0.2) is 4.39 Å². The summed E-state index contributed by atoms with van der Waals surface area (Å²) < 4.78 is 13.6. The van der Waals surface area contributed by atoms with Gasteiger partial charge < -0.3 is 5.32 Å². The molecule has 0 heterocycles. The molecule has 0 aliphatic rings. The third-order valence-electron chi connectivity index (χ3n) is 3.05. The number of nitrogens with one attached hydrogen (secondary N) is 1. The highest BCUT2D eigenvalue weighted by molar-refractivity contribution is 5.56. The number of nitrogens with zero attached hydrogens (tertiary/aromatic N) is 1. The fraction of sp³-hybridized carbons (Fsp3) is 0.533. The van der Waals surface area contributed by atoms with E-state index < -0.39 is 0 Å². The first-order valence-electron chi connectivity index (χ1n) is 6.40. The van der Waals surface area contributed by atoms with Crippen molar-refractivity contribution in [1.29, 1.82) is 5.26 Å². The van der Waals surface area contributed by atoms with E-state index in [1.165, 1.54) is 6.07 Å². The third-order valence-corrected chi connectivity index (χ3v) is 3.05. The highest BCUT2D eigenvalue weighted by Gasteiger charge is 2.10. The average molecular weight is 248 g/mol. The van der Waals surface area contributed by atoms with Crippen molar-refractivity contribution in [3.05, 3.63) is 29.1 Å². The molecule has 0 amide bonds. The zero-order valence-corrected chi connectivity index (χ0v) is 11.5. The lowest BCUT2D eigenvalue weighted by molar-refractivity contribution is 0.527. The van der Waals surface area contributed by atoms with Crippen molar-refractivity contribution >= 4 is 5.69 Å². The zero-order valence-electron chi connectivity index (χ0n) is 11.5. The topological polar surface area (TPSA) is 35.8 Å². The normalized spacial score (nSPS) is 12.3. The number of halogens is 1. The maximum atomic E-state index is 13.6. The van der Waals surface area contributed by atoms with Gasteiger partial charge in [-0.2, -0.15) is 5.26 Å². The van der Waals surface area contributed by atoms with Crippen LogP contribution in [0.2, 0.25) is 0 Å². The van der Waals surface area contributed by atoms with E-state index >= 15 is 0 Å². The molecule has 0 aromatic heterocycles. The summed E-state index contributed by atoms with van der Waals surface area (Å²) in [5.41, 5.74) is 1.66. The molecule has 0 aliphatic heterocycles. The Kier molecular flexibility index (Phi) is 5.15. The number of rotatable bonds is 5. The molecule has 0 bridgehead atoms. The monoisotopic (exact) mass is 248 g/mol. The third kappa shape index (κ3) is 4.03. The van der Waals surface area contributed by atoms with E-state index in [-0.39, 0.29) is 11.9 Å². The molecule has 0 aliphatic carbocycles. The van der Waals surface area contributed by atoms with Gasteiger partial charge in [0.15, 0.2) is 0 Å². The fourth-order valence-corrected chi connectivity index (χ4v) is 1.81. The first kappa shape index (κ1) is 14.5. The number of anilines is 1. The Balaban J connectivity index is 2.78. The molecule has 1 rings (SSSR count).